The maximum Gasteiger partial charge on any atom is 0.330 e. The predicted octanol–water partition coefficient (Wildman–Crippen LogP) is 3.94. The van der Waals surface area contributed by atoms with Gasteiger partial charge in [0.1, 0.15) is 0 Å². The zero-order chi connectivity index (χ0) is 14.7. The minimum absolute atomic E-state index is 0. The van der Waals surface area contributed by atoms with E-state index in [-0.39, 0.29) is 53.3 Å². The van der Waals surface area contributed by atoms with Crippen LogP contribution in [-0.2, 0) is 42.2 Å². The van der Waals surface area contributed by atoms with E-state index in [2.05, 4.69) is 20.9 Å². The molecule has 0 aromatic heterocycles. The molecule has 4 nitrogen and oxygen atoms in total. The van der Waals surface area contributed by atoms with Gasteiger partial charge in [0.2, 0.25) is 0 Å². The number of hydrogen-bond donors (Lipinski definition) is 1. The van der Waals surface area contributed by atoms with Gasteiger partial charge < -0.3 is 21.5 Å². The third kappa shape index (κ3) is 13.2. The van der Waals surface area contributed by atoms with E-state index < -0.39 is 5.97 Å². The fourth-order valence-corrected chi connectivity index (χ4v) is 1.03. The Labute approximate surface area is 162 Å². The molecule has 0 aliphatic rings. The summed E-state index contributed by atoms with van der Waals surface area (Å²) in [7, 11) is 5.36. The van der Waals surface area contributed by atoms with Gasteiger partial charge in [-0.25, -0.2) is 4.79 Å². The Kier molecular flexibility index (Phi) is 25.0. The monoisotopic (exact) mass is 404 g/mol. The van der Waals surface area contributed by atoms with E-state index in [0.29, 0.717) is 5.75 Å². The van der Waals surface area contributed by atoms with Crippen LogP contribution in [0.2, 0.25) is 0 Å². The van der Waals surface area contributed by atoms with Gasteiger partial charge in [0, 0.05) is 38.8 Å². The van der Waals surface area contributed by atoms with Crippen LogP contribution in [0.5, 0.6) is 11.5 Å². The largest absolute Gasteiger partial charge is 0.504 e. The molecule has 1 atom stereocenters. The number of carbonyl (C=O) groups is 1. The van der Waals surface area contributed by atoms with E-state index >= 15 is 0 Å². The van der Waals surface area contributed by atoms with Gasteiger partial charge >= 0.3 is 5.97 Å². The number of carbonyl (C=O) groups excluding carboxylic acids is 1. The van der Waals surface area contributed by atoms with Crippen molar-refractivity contribution >= 4 is 21.3 Å². The summed E-state index contributed by atoms with van der Waals surface area (Å²) >= 11 is 0. The molecule has 0 amide bonds. The van der Waals surface area contributed by atoms with Crippen molar-refractivity contribution in [3.63, 3.8) is 0 Å². The van der Waals surface area contributed by atoms with Gasteiger partial charge in [0.15, 0.2) is 11.5 Å². The fourth-order valence-electron chi connectivity index (χ4n) is 1.03. The van der Waals surface area contributed by atoms with Gasteiger partial charge in [-0.3, -0.25) is 0 Å². The average Bonchev–Trinajstić information content (AvgIpc) is 2.46. The Morgan fingerprint density at radius 1 is 1.36 bits per heavy atom. The van der Waals surface area contributed by atoms with Crippen molar-refractivity contribution in [3.8, 4) is 11.5 Å². The van der Waals surface area contributed by atoms with Crippen LogP contribution in [0.15, 0.2) is 24.3 Å². The number of aromatic hydroxyl groups is 1. The second kappa shape index (κ2) is 18.6. The molecule has 1 unspecified atom stereocenters. The molecule has 0 aliphatic carbocycles. The minimum atomic E-state index is -0.429. The van der Waals surface area contributed by atoms with E-state index in [4.69, 9.17) is 4.74 Å². The summed E-state index contributed by atoms with van der Waals surface area (Å²) in [5, 5.41) is 9.32. The summed E-state index contributed by atoms with van der Waals surface area (Å²) in [5.74, 6) is -0.00299. The van der Waals surface area contributed by atoms with Crippen molar-refractivity contribution in [2.75, 3.05) is 20.4 Å². The number of phenolic OH excluding ortho intramolecular Hbond substituents is 1. The number of phenols is 1. The number of methoxy groups -OCH3 is 2. The second-order valence-electron chi connectivity index (χ2n) is 3.43. The van der Waals surface area contributed by atoms with Gasteiger partial charge in [-0.2, -0.15) is 6.42 Å². The molecular formula is C16H28O4PY-. The SMILES string of the molecule is C.C.COC(=O)/C=C/c1ccc(O)c(OC)c1.[CH2-]CCP.[Y]. The Balaban J connectivity index is -0.000000208. The third-order valence-electron chi connectivity index (χ3n) is 2.02. The van der Waals surface area contributed by atoms with E-state index in [1.165, 1.54) is 26.4 Å². The molecule has 22 heavy (non-hydrogen) atoms. The fraction of sp³-hybridized carbons (Fsp3) is 0.375. The van der Waals surface area contributed by atoms with Gasteiger partial charge in [0.25, 0.3) is 0 Å². The zero-order valence-electron chi connectivity index (χ0n) is 11.8. The van der Waals surface area contributed by atoms with Gasteiger partial charge in [-0.1, -0.05) is 27.1 Å². The van der Waals surface area contributed by atoms with Gasteiger partial charge in [-0.15, -0.1) is 9.24 Å². The topological polar surface area (TPSA) is 55.8 Å². The van der Waals surface area contributed by atoms with Crippen LogP contribution < -0.4 is 4.74 Å². The molecule has 0 bridgehead atoms. The van der Waals surface area contributed by atoms with Crippen molar-refractivity contribution in [1.82, 2.24) is 0 Å². The summed E-state index contributed by atoms with van der Waals surface area (Å²) < 4.78 is 9.36. The number of rotatable bonds is 4. The molecule has 1 radical (unpaired) electrons. The molecule has 0 fully saturated rings. The second-order valence-corrected chi connectivity index (χ2v) is 4.01. The Morgan fingerprint density at radius 2 is 1.91 bits per heavy atom. The Bertz CT molecular complexity index is 421. The van der Waals surface area contributed by atoms with Gasteiger partial charge in [-0.05, 0) is 23.8 Å². The molecule has 0 heterocycles. The minimum Gasteiger partial charge on any atom is -0.504 e. The number of ether oxygens (including phenoxy) is 2. The zero-order valence-corrected chi connectivity index (χ0v) is 15.8. The maximum absolute atomic E-state index is 10.8. The predicted molar refractivity (Wildman–Crippen MR) is 93.7 cm³/mol. The molecular weight excluding hydrogens is 376 g/mol. The standard InChI is InChI=1S/C11H12O4.C3H8P.2CH4.Y/c1-14-10-7-8(3-5-9(10)12)4-6-11(13)15-2;1-2-3-4;;;/h3-7,12H,1-2H3;1-4H2;2*1H4;/q;-1;;;/b6-4+;;;;. The molecule has 125 valence electrons. The summed E-state index contributed by atoms with van der Waals surface area (Å²) in [5.41, 5.74) is 0.745. The molecule has 0 spiro atoms. The average molecular weight is 404 g/mol. The first-order valence-electron chi connectivity index (χ1n) is 5.71. The first kappa shape index (κ1) is 29.6. The van der Waals surface area contributed by atoms with Crippen molar-refractivity contribution in [2.24, 2.45) is 0 Å². The quantitative estimate of drug-likeness (QED) is 0.358. The molecule has 0 saturated heterocycles. The molecule has 1 aromatic rings. The Morgan fingerprint density at radius 3 is 2.32 bits per heavy atom. The van der Waals surface area contributed by atoms with Crippen LogP contribution in [0.4, 0.5) is 0 Å². The number of hydrogen-bond acceptors (Lipinski definition) is 4. The molecule has 1 rings (SSSR count). The number of benzene rings is 1. The van der Waals surface area contributed by atoms with Crippen LogP contribution in [-0.4, -0.2) is 31.5 Å². The first-order valence-corrected chi connectivity index (χ1v) is 6.53. The van der Waals surface area contributed by atoms with Crippen LogP contribution in [0.1, 0.15) is 26.8 Å². The molecule has 0 aliphatic heterocycles. The molecule has 0 saturated carbocycles. The maximum atomic E-state index is 10.8. The normalized spacial score (nSPS) is 8.36. The van der Waals surface area contributed by atoms with E-state index in [1.54, 1.807) is 18.2 Å². The summed E-state index contributed by atoms with van der Waals surface area (Å²) in [4.78, 5) is 10.8. The van der Waals surface area contributed by atoms with Crippen molar-refractivity contribution in [2.45, 2.75) is 21.3 Å². The summed E-state index contributed by atoms with van der Waals surface area (Å²) in [6.45, 7) is 3.58. The van der Waals surface area contributed by atoms with E-state index in [0.717, 1.165) is 18.1 Å². The van der Waals surface area contributed by atoms with Crippen LogP contribution in [0, 0.1) is 6.92 Å². The summed E-state index contributed by atoms with van der Waals surface area (Å²) in [6, 6.07) is 4.78. The van der Waals surface area contributed by atoms with Gasteiger partial charge in [0.05, 0.1) is 14.2 Å². The summed E-state index contributed by atoms with van der Waals surface area (Å²) in [6.07, 6.45) is 5.03. The molecule has 1 aromatic carbocycles. The first-order chi connectivity index (χ1) is 9.08. The number of esters is 1. The van der Waals surface area contributed by atoms with Crippen LogP contribution >= 0.6 is 9.24 Å². The van der Waals surface area contributed by atoms with Crippen LogP contribution in [0.3, 0.4) is 0 Å². The van der Waals surface area contributed by atoms with E-state index in [9.17, 15) is 9.90 Å². The van der Waals surface area contributed by atoms with Crippen molar-refractivity contribution in [3.05, 3.63) is 36.8 Å². The van der Waals surface area contributed by atoms with E-state index in [1.807, 2.05) is 0 Å². The molecule has 1 N–H and O–H groups in total. The molecule has 6 heteroatoms. The Hall–Kier alpha value is -0.436. The van der Waals surface area contributed by atoms with Crippen LogP contribution in [0.25, 0.3) is 6.08 Å². The van der Waals surface area contributed by atoms with Crippen molar-refractivity contribution < 1.29 is 52.1 Å². The third-order valence-corrected chi connectivity index (χ3v) is 2.43. The van der Waals surface area contributed by atoms with Crippen molar-refractivity contribution in [1.29, 1.82) is 0 Å². The smallest absolute Gasteiger partial charge is 0.330 e.